The van der Waals surface area contributed by atoms with Crippen molar-refractivity contribution in [1.82, 2.24) is 9.80 Å². The predicted molar refractivity (Wildman–Crippen MR) is 125 cm³/mol. The van der Waals surface area contributed by atoms with Gasteiger partial charge in [0.25, 0.3) is 5.91 Å². The summed E-state index contributed by atoms with van der Waals surface area (Å²) in [5.41, 5.74) is 1.64. The van der Waals surface area contributed by atoms with Gasteiger partial charge in [-0.15, -0.1) is 11.3 Å². The van der Waals surface area contributed by atoms with Crippen LogP contribution in [0.3, 0.4) is 0 Å². The molecule has 1 aliphatic heterocycles. The minimum atomic E-state index is -3.26. The number of halogens is 1. The zero-order chi connectivity index (χ0) is 22.0. The summed E-state index contributed by atoms with van der Waals surface area (Å²) in [6.45, 7) is 3.77. The molecule has 0 bridgehead atoms. The number of carbonyl (C=O) groups excluding carboxylic acids is 1. The van der Waals surface area contributed by atoms with Crippen LogP contribution in [0.2, 0.25) is 5.02 Å². The molecule has 4 rings (SSSR count). The third kappa shape index (κ3) is 5.36. The van der Waals surface area contributed by atoms with Gasteiger partial charge < -0.3 is 4.90 Å². The van der Waals surface area contributed by atoms with Crippen LogP contribution in [0.25, 0.3) is 10.4 Å². The number of piperazine rings is 1. The molecule has 1 amide bonds. The van der Waals surface area contributed by atoms with Crippen LogP contribution >= 0.6 is 22.9 Å². The van der Waals surface area contributed by atoms with Gasteiger partial charge in [0.1, 0.15) is 0 Å². The predicted octanol–water partition coefficient (Wildman–Crippen LogP) is 4.43. The first-order valence-corrected chi connectivity index (χ1v) is 13.0. The molecule has 0 saturated carbocycles. The zero-order valence-corrected chi connectivity index (χ0v) is 19.5. The molecule has 0 unspecified atom stereocenters. The summed E-state index contributed by atoms with van der Waals surface area (Å²) in [5, 5.41) is 0.735. The van der Waals surface area contributed by atoms with Crippen LogP contribution in [-0.2, 0) is 16.4 Å². The first-order valence-electron chi connectivity index (χ1n) is 9.96. The van der Waals surface area contributed by atoms with Gasteiger partial charge in [-0.1, -0.05) is 23.7 Å². The highest BCUT2D eigenvalue weighted by Crippen LogP contribution is 2.30. The van der Waals surface area contributed by atoms with Crippen LogP contribution in [0.1, 0.15) is 15.2 Å². The second kappa shape index (κ2) is 9.12. The van der Waals surface area contributed by atoms with Gasteiger partial charge in [0.05, 0.1) is 4.90 Å². The normalized spacial score (nSPS) is 15.2. The van der Waals surface area contributed by atoms with Crippen molar-refractivity contribution < 1.29 is 13.2 Å². The summed E-state index contributed by atoms with van der Waals surface area (Å²) >= 11 is 7.87. The maximum absolute atomic E-state index is 12.8. The van der Waals surface area contributed by atoms with Gasteiger partial charge in [-0.25, -0.2) is 8.42 Å². The first kappa shape index (κ1) is 22.0. The number of nitrogens with zero attached hydrogens (tertiary/aromatic N) is 2. The van der Waals surface area contributed by atoms with Crippen molar-refractivity contribution in [2.45, 2.75) is 11.4 Å². The largest absolute Gasteiger partial charge is 0.336 e. The summed E-state index contributed by atoms with van der Waals surface area (Å²) in [6.07, 6.45) is 1.16. The van der Waals surface area contributed by atoms with Crippen LogP contribution in [-0.4, -0.2) is 56.6 Å². The number of rotatable bonds is 5. The Bertz CT molecular complexity index is 1180. The Morgan fingerprint density at radius 1 is 1.00 bits per heavy atom. The van der Waals surface area contributed by atoms with E-state index in [1.54, 1.807) is 23.5 Å². The molecule has 2 heterocycles. The monoisotopic (exact) mass is 474 g/mol. The molecule has 31 heavy (non-hydrogen) atoms. The Morgan fingerprint density at radius 3 is 2.35 bits per heavy atom. The molecule has 1 aromatic heterocycles. The minimum Gasteiger partial charge on any atom is -0.336 e. The summed E-state index contributed by atoms with van der Waals surface area (Å²) in [6, 6.07) is 18.3. The van der Waals surface area contributed by atoms with E-state index in [1.165, 1.54) is 21.9 Å². The van der Waals surface area contributed by atoms with E-state index in [0.717, 1.165) is 36.5 Å². The molecule has 0 aliphatic carbocycles. The fourth-order valence-corrected chi connectivity index (χ4v) is 5.48. The Labute approximate surface area is 191 Å². The van der Waals surface area contributed by atoms with Gasteiger partial charge in [-0.2, -0.15) is 0 Å². The number of amides is 1. The smallest absolute Gasteiger partial charge is 0.253 e. The van der Waals surface area contributed by atoms with Crippen molar-refractivity contribution in [3.05, 3.63) is 76.1 Å². The van der Waals surface area contributed by atoms with Gasteiger partial charge in [0.15, 0.2) is 9.84 Å². The Kier molecular flexibility index (Phi) is 6.48. The molecular weight excluding hydrogens is 452 g/mol. The van der Waals surface area contributed by atoms with Crippen LogP contribution in [0, 0.1) is 0 Å². The third-order valence-corrected chi connectivity index (χ3v) is 7.82. The average Bonchev–Trinajstić information content (AvgIpc) is 3.22. The molecular formula is C23H23ClN2O3S2. The Morgan fingerprint density at radius 2 is 1.71 bits per heavy atom. The second-order valence-electron chi connectivity index (χ2n) is 7.64. The van der Waals surface area contributed by atoms with Crippen LogP contribution in [0.4, 0.5) is 0 Å². The molecule has 2 aromatic carbocycles. The molecule has 1 saturated heterocycles. The Hall–Kier alpha value is -2.19. The molecule has 0 spiro atoms. The summed E-state index contributed by atoms with van der Waals surface area (Å²) in [7, 11) is -3.26. The summed E-state index contributed by atoms with van der Waals surface area (Å²) < 4.78 is 23.2. The number of hydrogen-bond donors (Lipinski definition) is 0. The second-order valence-corrected chi connectivity index (χ2v) is 11.3. The highest BCUT2D eigenvalue weighted by molar-refractivity contribution is 7.90. The van der Waals surface area contributed by atoms with E-state index >= 15 is 0 Å². The molecule has 1 aliphatic rings. The topological polar surface area (TPSA) is 57.7 Å². The fraction of sp³-hybridized carbons (Fsp3) is 0.261. The maximum Gasteiger partial charge on any atom is 0.253 e. The molecule has 0 radical (unpaired) electrons. The van der Waals surface area contributed by atoms with Crippen molar-refractivity contribution in [3.8, 4) is 10.4 Å². The lowest BCUT2D eigenvalue weighted by atomic mass is 10.2. The van der Waals surface area contributed by atoms with Crippen molar-refractivity contribution in [1.29, 1.82) is 0 Å². The number of sulfone groups is 1. The third-order valence-electron chi connectivity index (χ3n) is 5.34. The molecule has 8 heteroatoms. The van der Waals surface area contributed by atoms with Crippen molar-refractivity contribution in [2.24, 2.45) is 0 Å². The molecule has 3 aromatic rings. The Balaban J connectivity index is 1.33. The van der Waals surface area contributed by atoms with E-state index in [1.807, 2.05) is 23.1 Å². The van der Waals surface area contributed by atoms with Crippen LogP contribution in [0.5, 0.6) is 0 Å². The number of hydrogen-bond acceptors (Lipinski definition) is 5. The van der Waals surface area contributed by atoms with Gasteiger partial charge >= 0.3 is 0 Å². The van der Waals surface area contributed by atoms with Crippen molar-refractivity contribution in [3.63, 3.8) is 0 Å². The zero-order valence-electron chi connectivity index (χ0n) is 17.1. The van der Waals surface area contributed by atoms with Crippen LogP contribution < -0.4 is 0 Å². The van der Waals surface area contributed by atoms with E-state index < -0.39 is 9.84 Å². The molecule has 0 N–H and O–H groups in total. The quantitative estimate of drug-likeness (QED) is 0.549. The fourth-order valence-electron chi connectivity index (χ4n) is 3.62. The highest BCUT2D eigenvalue weighted by atomic mass is 35.5. The summed E-state index contributed by atoms with van der Waals surface area (Å²) in [5.74, 6) is -0.0564. The van der Waals surface area contributed by atoms with Crippen LogP contribution in [0.15, 0.2) is 65.6 Å². The molecule has 162 valence electrons. The lowest BCUT2D eigenvalue weighted by molar-refractivity contribution is 0.0629. The minimum absolute atomic E-state index is 0.0564. The van der Waals surface area contributed by atoms with E-state index in [0.29, 0.717) is 18.7 Å². The molecule has 5 nitrogen and oxygen atoms in total. The maximum atomic E-state index is 12.8. The van der Waals surface area contributed by atoms with E-state index in [-0.39, 0.29) is 10.8 Å². The highest BCUT2D eigenvalue weighted by Gasteiger charge is 2.23. The van der Waals surface area contributed by atoms with Gasteiger partial charge in [0.2, 0.25) is 0 Å². The standard InChI is InChI=1S/C23H23ClN2O3S2/c1-31(28,29)21-8-5-17(6-9-21)23(27)26-13-11-25(12-14-26)16-20-7-10-22(30-20)18-3-2-4-19(24)15-18/h2-10,15H,11-14,16H2,1H3. The number of benzene rings is 2. The van der Waals surface area contributed by atoms with Crippen molar-refractivity contribution >= 4 is 38.7 Å². The average molecular weight is 475 g/mol. The van der Waals surface area contributed by atoms with E-state index in [9.17, 15) is 13.2 Å². The lowest BCUT2D eigenvalue weighted by Gasteiger charge is -2.34. The van der Waals surface area contributed by atoms with Gasteiger partial charge in [-0.3, -0.25) is 9.69 Å². The van der Waals surface area contributed by atoms with Crippen molar-refractivity contribution in [2.75, 3.05) is 32.4 Å². The van der Waals surface area contributed by atoms with Gasteiger partial charge in [0, 0.05) is 59.3 Å². The van der Waals surface area contributed by atoms with Gasteiger partial charge in [-0.05, 0) is 54.1 Å². The van der Waals surface area contributed by atoms with E-state index in [4.69, 9.17) is 11.6 Å². The summed E-state index contributed by atoms with van der Waals surface area (Å²) in [4.78, 5) is 19.7. The SMILES string of the molecule is CS(=O)(=O)c1ccc(C(=O)N2CCN(Cc3ccc(-c4cccc(Cl)c4)s3)CC2)cc1. The van der Waals surface area contributed by atoms with E-state index in [2.05, 4.69) is 23.1 Å². The lowest BCUT2D eigenvalue weighted by Crippen LogP contribution is -2.48. The molecule has 0 atom stereocenters. The number of carbonyl (C=O) groups is 1. The molecule has 1 fully saturated rings. The first-order chi connectivity index (χ1) is 14.8. The number of thiophene rings is 1.